The van der Waals surface area contributed by atoms with Crippen LogP contribution in [0.15, 0.2) is 60.2 Å². The highest BCUT2D eigenvalue weighted by Gasteiger charge is 2.64. The molecule has 7 amide bonds. The molecule has 22 nitrogen and oxygen atoms in total. The number of aliphatic hydroxyl groups is 1. The number of likely N-dealkylation sites (N-methyl/N-ethyl adjacent to an activating group) is 1. The number of nitrogens with two attached hydrogens (primary N) is 1. The Balaban J connectivity index is 1.35. The van der Waals surface area contributed by atoms with Gasteiger partial charge in [-0.05, 0) is 101 Å². The van der Waals surface area contributed by atoms with E-state index >= 15 is 0 Å². The molecule has 3 aliphatic heterocycles. The van der Waals surface area contributed by atoms with Crippen molar-refractivity contribution in [2.24, 2.45) is 23.5 Å². The maximum absolute atomic E-state index is 14.6. The van der Waals surface area contributed by atoms with E-state index in [1.807, 2.05) is 32.1 Å². The van der Waals surface area contributed by atoms with Gasteiger partial charge in [0, 0.05) is 57.2 Å². The Bertz CT molecular complexity index is 2850. The summed E-state index contributed by atoms with van der Waals surface area (Å²) in [6.45, 7) is 12.4. The summed E-state index contributed by atoms with van der Waals surface area (Å²) in [7, 11) is 4.38. The van der Waals surface area contributed by atoms with Crippen LogP contribution >= 0.6 is 43.5 Å². The van der Waals surface area contributed by atoms with E-state index < -0.39 is 120 Å². The second-order valence-electron chi connectivity index (χ2n) is 23.0. The number of benzene rings is 2. The summed E-state index contributed by atoms with van der Waals surface area (Å²) in [5, 5.41) is 24.0. The summed E-state index contributed by atoms with van der Waals surface area (Å²) in [5.41, 5.74) is 5.17. The van der Waals surface area contributed by atoms with Gasteiger partial charge in [-0.1, -0.05) is 106 Å². The van der Waals surface area contributed by atoms with Crippen LogP contribution in [0.1, 0.15) is 121 Å². The Labute approximate surface area is 525 Å². The molecule has 3 aliphatic rings. The molecular weight excluding hydrogens is 1270 g/mol. The van der Waals surface area contributed by atoms with Crippen LogP contribution in [0.5, 0.6) is 0 Å². The van der Waals surface area contributed by atoms with E-state index in [9.17, 15) is 48.3 Å². The monoisotopic (exact) mass is 1350 g/mol. The first kappa shape index (κ1) is 70.8. The largest absolute Gasteiger partial charge is 0.465 e. The van der Waals surface area contributed by atoms with Gasteiger partial charge < -0.3 is 65.6 Å². The molecule has 0 spiro atoms. The number of primary amides is 1. The number of carbonyl (C=O) groups excluding carboxylic acids is 9. The summed E-state index contributed by atoms with van der Waals surface area (Å²) >= 11 is 13.5. The van der Waals surface area contributed by atoms with E-state index in [2.05, 4.69) is 53.1 Å². The second-order valence-corrected chi connectivity index (χ2v) is 24.7. The molecular formula is C61H84Br2ClN7O15. The number of ether oxygens (including phenoxy) is 5. The summed E-state index contributed by atoms with van der Waals surface area (Å²) in [4.78, 5) is 124. The lowest BCUT2D eigenvalue weighted by Gasteiger charge is -2.41. The average molecular weight is 1350 g/mol. The SMILES string of the molecule is CO[C@@H]1/C=C/C=C(\C)Cc2cc(C)c(Cl)c(c2)N(C)C(=O)C[C@H](OC(=O)[C@H](C)N(C)C(=O)c2ccccc2NC(=O)[C@H](CCCNC(N)=O)NC(=O)[C@@H](NC(=O)CCCCCOC(=O)C(CBr)CBr)C(C)C)[C@]2(C)O[C@H]2[C@H](C)[C@@H]2C[C@@]1(O)CC(=O)O2. The number of esters is 3. The number of amides is 7. The minimum atomic E-state index is -1.66. The molecule has 2 aromatic carbocycles. The third kappa shape index (κ3) is 19.0. The normalized spacial score (nSPS) is 24.3. The Morgan fingerprint density at radius 2 is 1.67 bits per heavy atom. The van der Waals surface area contributed by atoms with Gasteiger partial charge in [0.1, 0.15) is 47.6 Å². The van der Waals surface area contributed by atoms with E-state index in [1.54, 1.807) is 59.0 Å². The molecule has 4 bridgehead atoms. The van der Waals surface area contributed by atoms with E-state index in [-0.39, 0.29) is 68.4 Å². The molecule has 0 radical (unpaired) electrons. The molecule has 7 N–H and O–H groups in total. The zero-order chi connectivity index (χ0) is 63.8. The number of para-hydroxylation sites is 1. The minimum Gasteiger partial charge on any atom is -0.465 e. The fourth-order valence-electron chi connectivity index (χ4n) is 10.5. The van der Waals surface area contributed by atoms with E-state index in [1.165, 1.54) is 38.1 Å². The number of hydrogen-bond donors (Lipinski definition) is 6. The van der Waals surface area contributed by atoms with Crippen molar-refractivity contribution in [3.8, 4) is 0 Å². The average Bonchev–Trinajstić information content (AvgIpc) is 1.59. The fraction of sp³-hybridized carbons (Fsp3) is 0.590. The van der Waals surface area contributed by atoms with Crippen molar-refractivity contribution < 1.29 is 71.9 Å². The topological polar surface area (TPSA) is 304 Å². The number of unbranched alkanes of at least 4 members (excludes halogenated alkanes) is 2. The zero-order valence-corrected chi connectivity index (χ0v) is 54.6. The number of rotatable bonds is 24. The Hall–Kier alpha value is -5.92. The minimum absolute atomic E-state index is 0.00983. The number of anilines is 2. The number of nitrogens with one attached hydrogen (secondary N) is 4. The third-order valence-electron chi connectivity index (χ3n) is 16.0. The van der Waals surface area contributed by atoms with Crippen LogP contribution in [0.3, 0.4) is 0 Å². The van der Waals surface area contributed by atoms with Gasteiger partial charge in [-0.25, -0.2) is 9.59 Å². The number of alkyl halides is 2. The van der Waals surface area contributed by atoms with Crippen LogP contribution in [0.4, 0.5) is 16.2 Å². The van der Waals surface area contributed by atoms with Crippen molar-refractivity contribution in [3.05, 3.63) is 81.9 Å². The first-order chi connectivity index (χ1) is 40.6. The molecule has 0 aliphatic carbocycles. The number of carbonyl (C=O) groups is 9. The van der Waals surface area contributed by atoms with Crippen LogP contribution in [-0.4, -0.2) is 162 Å². The number of epoxide rings is 1. The Morgan fingerprint density at radius 3 is 2.34 bits per heavy atom. The highest BCUT2D eigenvalue weighted by molar-refractivity contribution is 9.09. The van der Waals surface area contributed by atoms with Crippen LogP contribution in [0.2, 0.25) is 5.02 Å². The van der Waals surface area contributed by atoms with Gasteiger partial charge in [0.25, 0.3) is 5.91 Å². The van der Waals surface area contributed by atoms with Gasteiger partial charge in [-0.3, -0.25) is 33.6 Å². The number of urea groups is 1. The lowest BCUT2D eigenvalue weighted by atomic mass is 9.78. The molecule has 5 rings (SSSR count). The predicted octanol–water partition coefficient (Wildman–Crippen LogP) is 6.90. The van der Waals surface area contributed by atoms with Crippen molar-refractivity contribution in [3.63, 3.8) is 0 Å². The summed E-state index contributed by atoms with van der Waals surface area (Å²) in [6, 6.07) is 5.35. The lowest BCUT2D eigenvalue weighted by molar-refractivity contribution is -0.187. The maximum atomic E-state index is 14.6. The van der Waals surface area contributed by atoms with Gasteiger partial charge in [-0.15, -0.1) is 0 Å². The number of methoxy groups -OCH3 is 1. The Kier molecular flexibility index (Phi) is 26.6. The van der Waals surface area contributed by atoms with E-state index in [4.69, 9.17) is 41.0 Å². The number of hydrogen-bond acceptors (Lipinski definition) is 15. The van der Waals surface area contributed by atoms with E-state index in [0.29, 0.717) is 47.1 Å². The molecule has 0 aromatic heterocycles. The third-order valence-corrected chi connectivity index (χ3v) is 18.0. The van der Waals surface area contributed by atoms with Gasteiger partial charge in [0.2, 0.25) is 23.6 Å². The lowest BCUT2D eigenvalue weighted by Crippen LogP contribution is -2.54. The van der Waals surface area contributed by atoms with Crippen LogP contribution in [0, 0.1) is 24.7 Å². The predicted molar refractivity (Wildman–Crippen MR) is 331 cm³/mol. The summed E-state index contributed by atoms with van der Waals surface area (Å²) in [5.74, 6) is -6.23. The van der Waals surface area contributed by atoms with Gasteiger partial charge in [0.15, 0.2) is 0 Å². The number of allylic oxidation sites excluding steroid dienone is 3. The molecule has 2 saturated heterocycles. The standard InChI is InChI=1S/C61H84Br2ClN7O15/c1-34(2)52(69-48(72)23-12-11-15-25-83-58(79)40(32-62)33-63)55(76)68-43(21-17-24-66-59(65)80)54(75)67-42-20-14-13-19-41(42)56(77)70(8)38(6)57(78)85-47-29-49(73)71(9)44-28-39(27-36(4)51(44)64)26-35(3)18-16-22-46(82-10)61(81)30-45(84-50(74)31-61)37(5)53-60(47,7)86-53/h13-14,16,18-20,22,27-28,34,37-38,40,43,45-47,52-53,81H,11-12,15,17,21,23-26,29-33H2,1-10H3,(H,67,75)(H,68,76)(H,69,72)(H3,65,66,80)/b22-16+,35-18+/t37-,38+,43+,45+,46-,47+,52+,53+,60+,61-/m1/s1. The number of fused-ring (bicyclic) bond motifs is 5. The molecule has 474 valence electrons. The maximum Gasteiger partial charge on any atom is 0.328 e. The van der Waals surface area contributed by atoms with Crippen molar-refractivity contribution in [2.75, 3.05) is 55.2 Å². The number of aryl methyl sites for hydroxylation is 1. The molecule has 86 heavy (non-hydrogen) atoms. The van der Waals surface area contributed by atoms with Crippen LogP contribution < -0.4 is 31.9 Å². The highest BCUT2D eigenvalue weighted by atomic mass is 79.9. The van der Waals surface area contributed by atoms with Crippen molar-refractivity contribution in [1.29, 1.82) is 0 Å². The molecule has 3 heterocycles. The van der Waals surface area contributed by atoms with Gasteiger partial charge in [-0.2, -0.15) is 0 Å². The summed E-state index contributed by atoms with van der Waals surface area (Å²) in [6.07, 6.45) is 3.05. The fourth-order valence-corrected chi connectivity index (χ4v) is 12.3. The Morgan fingerprint density at radius 1 is 0.977 bits per heavy atom. The van der Waals surface area contributed by atoms with E-state index in [0.717, 1.165) is 21.6 Å². The highest BCUT2D eigenvalue weighted by Crippen LogP contribution is 2.50. The molecule has 0 saturated carbocycles. The van der Waals surface area contributed by atoms with Crippen molar-refractivity contribution in [2.45, 2.75) is 166 Å². The van der Waals surface area contributed by atoms with Crippen LogP contribution in [-0.2, 0) is 63.7 Å². The van der Waals surface area contributed by atoms with Crippen LogP contribution in [0.25, 0.3) is 0 Å². The molecule has 2 fully saturated rings. The molecule has 25 heteroatoms. The first-order valence-corrected chi connectivity index (χ1v) is 31.5. The number of nitrogens with zero attached hydrogens (tertiary/aromatic N) is 2. The molecule has 10 atom stereocenters. The zero-order valence-electron chi connectivity index (χ0n) is 50.6. The van der Waals surface area contributed by atoms with Crippen molar-refractivity contribution >= 4 is 108 Å². The number of halogens is 3. The quantitative estimate of drug-likeness (QED) is 0.0205. The van der Waals surface area contributed by atoms with Gasteiger partial charge in [0.05, 0.1) is 53.4 Å². The van der Waals surface area contributed by atoms with Crippen molar-refractivity contribution in [1.82, 2.24) is 20.9 Å². The summed E-state index contributed by atoms with van der Waals surface area (Å²) < 4.78 is 29.6. The molecule has 0 unspecified atom stereocenters. The van der Waals surface area contributed by atoms with Gasteiger partial charge >= 0.3 is 23.9 Å². The first-order valence-electron chi connectivity index (χ1n) is 28.9. The second kappa shape index (κ2) is 32.3. The smallest absolute Gasteiger partial charge is 0.328 e. The molecule has 2 aromatic rings.